The number of ether oxygens (including phenoxy) is 2. The lowest BCUT2D eigenvalue weighted by Gasteiger charge is -2.24. The third-order valence-electron chi connectivity index (χ3n) is 5.93. The highest BCUT2D eigenvalue weighted by Gasteiger charge is 2.37. The molecule has 1 amide bonds. The summed E-state index contributed by atoms with van der Waals surface area (Å²) in [4.78, 5) is 26.1. The number of benzene rings is 3. The second kappa shape index (κ2) is 11.0. The number of likely N-dealkylation sites (tertiary alicyclic amines) is 1. The van der Waals surface area contributed by atoms with Gasteiger partial charge in [-0.15, -0.1) is 0 Å². The topological polar surface area (TPSA) is 55.8 Å². The number of methoxy groups -OCH3 is 1. The molecule has 0 saturated carbocycles. The highest BCUT2D eigenvalue weighted by atomic mass is 35.5. The molecule has 0 aliphatic carbocycles. The van der Waals surface area contributed by atoms with Gasteiger partial charge in [-0.3, -0.25) is 4.79 Å². The molecule has 1 saturated heterocycles. The van der Waals surface area contributed by atoms with E-state index in [2.05, 4.69) is 0 Å². The molecular weight excluding hydrogens is 535 g/mol. The maximum Gasteiger partial charge on any atom is 0.328 e. The summed E-state index contributed by atoms with van der Waals surface area (Å²) >= 11 is 18.4. The van der Waals surface area contributed by atoms with Crippen molar-refractivity contribution >= 4 is 46.7 Å². The van der Waals surface area contributed by atoms with Crippen LogP contribution in [0.25, 0.3) is 0 Å². The minimum Gasteiger partial charge on any atom is -0.478 e. The summed E-state index contributed by atoms with van der Waals surface area (Å²) in [5, 5.41) is 1.14. The first-order chi connectivity index (χ1) is 17.2. The Kier molecular flexibility index (Phi) is 8.03. The molecule has 2 unspecified atom stereocenters. The number of carbonyl (C=O) groups excluding carboxylic acids is 2. The Morgan fingerprint density at radius 3 is 2.33 bits per heavy atom. The highest BCUT2D eigenvalue weighted by Crippen LogP contribution is 2.36. The zero-order valence-corrected chi connectivity index (χ0v) is 21.2. The number of amides is 1. The first-order valence-corrected chi connectivity index (χ1v) is 12.1. The van der Waals surface area contributed by atoms with Gasteiger partial charge < -0.3 is 14.4 Å². The van der Waals surface area contributed by atoms with Crippen LogP contribution in [0.2, 0.25) is 15.1 Å². The van der Waals surface area contributed by atoms with Crippen molar-refractivity contribution in [1.29, 1.82) is 0 Å². The zero-order valence-electron chi connectivity index (χ0n) is 18.9. The van der Waals surface area contributed by atoms with Gasteiger partial charge in [-0.25, -0.2) is 9.18 Å². The first-order valence-electron chi connectivity index (χ1n) is 10.9. The Labute approximate surface area is 221 Å². The summed E-state index contributed by atoms with van der Waals surface area (Å²) < 4.78 is 41.0. The van der Waals surface area contributed by atoms with Crippen LogP contribution in [0.15, 0.2) is 54.6 Å². The predicted octanol–water partition coefficient (Wildman–Crippen LogP) is 6.87. The van der Waals surface area contributed by atoms with E-state index in [1.807, 2.05) is 0 Å². The lowest BCUT2D eigenvalue weighted by atomic mass is 10.0. The van der Waals surface area contributed by atoms with E-state index in [-0.39, 0.29) is 11.6 Å². The van der Waals surface area contributed by atoms with Crippen molar-refractivity contribution in [1.82, 2.24) is 4.90 Å². The van der Waals surface area contributed by atoms with Gasteiger partial charge in [0, 0.05) is 27.2 Å². The van der Waals surface area contributed by atoms with Crippen LogP contribution in [0, 0.1) is 11.6 Å². The summed E-state index contributed by atoms with van der Waals surface area (Å²) in [6.07, 6.45) is -0.0137. The van der Waals surface area contributed by atoms with Gasteiger partial charge in [-0.1, -0.05) is 53.0 Å². The van der Waals surface area contributed by atoms with Crippen molar-refractivity contribution in [3.8, 4) is 5.75 Å². The van der Waals surface area contributed by atoms with Crippen LogP contribution in [0.4, 0.5) is 8.78 Å². The van der Waals surface area contributed by atoms with Crippen molar-refractivity contribution in [2.45, 2.75) is 25.0 Å². The van der Waals surface area contributed by atoms with Crippen LogP contribution in [0.3, 0.4) is 0 Å². The summed E-state index contributed by atoms with van der Waals surface area (Å²) in [5.74, 6) is -4.57. The Balaban J connectivity index is 1.68. The molecule has 3 aromatic rings. The normalized spacial score (nSPS) is 16.1. The standard InChI is InChI=1S/C26H20Cl3F2NO4/c1-35-26(34)20-3-2-12-32(20)25(33)18-10-11-21(23(31)22(18)30)36-24(14-4-6-15(27)7-5-14)17-9-8-16(28)13-19(17)29/h4-11,13,20,24H,2-3,12H2,1H3. The van der Waals surface area contributed by atoms with E-state index < -0.39 is 47.0 Å². The van der Waals surface area contributed by atoms with Crippen LogP contribution in [0.5, 0.6) is 5.75 Å². The fourth-order valence-corrected chi connectivity index (χ4v) is 4.76. The molecule has 0 bridgehead atoms. The fourth-order valence-electron chi connectivity index (χ4n) is 4.12. The average molecular weight is 555 g/mol. The molecule has 0 spiro atoms. The van der Waals surface area contributed by atoms with E-state index in [1.54, 1.807) is 36.4 Å². The van der Waals surface area contributed by atoms with Crippen LogP contribution >= 0.6 is 34.8 Å². The van der Waals surface area contributed by atoms with E-state index in [9.17, 15) is 9.59 Å². The smallest absolute Gasteiger partial charge is 0.328 e. The number of nitrogens with zero attached hydrogens (tertiary/aromatic N) is 1. The summed E-state index contributed by atoms with van der Waals surface area (Å²) in [5.41, 5.74) is 0.520. The minimum atomic E-state index is -1.38. The fraction of sp³-hybridized carbons (Fsp3) is 0.231. The number of rotatable bonds is 6. The number of hydrogen-bond acceptors (Lipinski definition) is 4. The number of carbonyl (C=O) groups is 2. The summed E-state index contributed by atoms with van der Waals surface area (Å²) in [6, 6.07) is 12.8. The van der Waals surface area contributed by atoms with Gasteiger partial charge >= 0.3 is 5.97 Å². The molecule has 1 aliphatic rings. The van der Waals surface area contributed by atoms with Crippen molar-refractivity contribution in [2.24, 2.45) is 0 Å². The maximum absolute atomic E-state index is 15.2. The average Bonchev–Trinajstić information content (AvgIpc) is 3.35. The quantitative estimate of drug-likeness (QED) is 0.312. The molecule has 1 fully saturated rings. The molecule has 5 nitrogen and oxygen atoms in total. The number of esters is 1. The van der Waals surface area contributed by atoms with Gasteiger partial charge in [0.2, 0.25) is 5.82 Å². The van der Waals surface area contributed by atoms with Crippen molar-refractivity contribution in [3.63, 3.8) is 0 Å². The van der Waals surface area contributed by atoms with Crippen LogP contribution in [0.1, 0.15) is 40.4 Å². The van der Waals surface area contributed by atoms with Crippen LogP contribution in [-0.4, -0.2) is 36.5 Å². The molecule has 0 N–H and O–H groups in total. The summed E-state index contributed by atoms with van der Waals surface area (Å²) in [7, 11) is 1.21. The third kappa shape index (κ3) is 5.28. The molecule has 4 rings (SSSR count). The Hall–Kier alpha value is -2.87. The van der Waals surface area contributed by atoms with E-state index in [0.717, 1.165) is 6.07 Å². The molecule has 0 radical (unpaired) electrons. The second-order valence-corrected chi connectivity index (χ2v) is 9.41. The van der Waals surface area contributed by atoms with Gasteiger partial charge in [0.25, 0.3) is 5.91 Å². The molecule has 1 aliphatic heterocycles. The summed E-state index contributed by atoms with van der Waals surface area (Å²) in [6.45, 7) is 0.228. The van der Waals surface area contributed by atoms with E-state index >= 15 is 8.78 Å². The van der Waals surface area contributed by atoms with Gasteiger partial charge in [0.15, 0.2) is 17.7 Å². The Morgan fingerprint density at radius 2 is 1.67 bits per heavy atom. The lowest BCUT2D eigenvalue weighted by Crippen LogP contribution is -2.41. The second-order valence-electron chi connectivity index (χ2n) is 8.13. The van der Waals surface area contributed by atoms with Gasteiger partial charge in [-0.05, 0) is 54.8 Å². The molecule has 2 atom stereocenters. The molecule has 1 heterocycles. The van der Waals surface area contributed by atoms with E-state index in [1.165, 1.54) is 24.1 Å². The van der Waals surface area contributed by atoms with E-state index in [4.69, 9.17) is 44.3 Å². The van der Waals surface area contributed by atoms with Gasteiger partial charge in [0.1, 0.15) is 6.04 Å². The predicted molar refractivity (Wildman–Crippen MR) is 133 cm³/mol. The minimum absolute atomic E-state index is 0.228. The molecule has 188 valence electrons. The molecule has 3 aromatic carbocycles. The van der Waals surface area contributed by atoms with Crippen LogP contribution < -0.4 is 4.74 Å². The number of halogens is 5. The van der Waals surface area contributed by atoms with Crippen molar-refractivity contribution in [3.05, 3.63) is 98.0 Å². The van der Waals surface area contributed by atoms with Gasteiger partial charge in [-0.2, -0.15) is 4.39 Å². The molecule has 10 heteroatoms. The van der Waals surface area contributed by atoms with E-state index in [0.29, 0.717) is 34.0 Å². The molecular formula is C26H20Cl3F2NO4. The monoisotopic (exact) mass is 553 g/mol. The lowest BCUT2D eigenvalue weighted by molar-refractivity contribution is -0.145. The van der Waals surface area contributed by atoms with Gasteiger partial charge in [0.05, 0.1) is 12.7 Å². The van der Waals surface area contributed by atoms with Crippen molar-refractivity contribution < 1.29 is 27.8 Å². The third-order valence-corrected chi connectivity index (χ3v) is 6.74. The maximum atomic E-state index is 15.2. The largest absolute Gasteiger partial charge is 0.478 e. The zero-order chi connectivity index (χ0) is 26.0. The Bertz CT molecular complexity index is 1300. The Morgan fingerprint density at radius 1 is 0.972 bits per heavy atom. The van der Waals surface area contributed by atoms with Crippen molar-refractivity contribution in [2.75, 3.05) is 13.7 Å². The van der Waals surface area contributed by atoms with Crippen LogP contribution in [-0.2, 0) is 9.53 Å². The highest BCUT2D eigenvalue weighted by molar-refractivity contribution is 6.35. The molecule has 0 aromatic heterocycles. The number of hydrogen-bond donors (Lipinski definition) is 0. The first kappa shape index (κ1) is 26.2. The SMILES string of the molecule is COC(=O)C1CCCN1C(=O)c1ccc(OC(c2ccc(Cl)cc2)c2ccc(Cl)cc2Cl)c(F)c1F. The molecule has 36 heavy (non-hydrogen) atoms.